The second-order valence-electron chi connectivity index (χ2n) is 8.01. The van der Waals surface area contributed by atoms with E-state index in [1.54, 1.807) is 0 Å². The molecule has 0 amide bonds. The molecule has 1 fully saturated rings. The Bertz CT molecular complexity index is 966. The maximum absolute atomic E-state index is 13.5. The van der Waals surface area contributed by atoms with Crippen molar-refractivity contribution in [1.29, 1.82) is 0 Å². The molecule has 29 heavy (non-hydrogen) atoms. The van der Waals surface area contributed by atoms with E-state index in [1.165, 1.54) is 33.8 Å². The Kier molecular flexibility index (Phi) is 5.97. The second-order valence-corrected chi connectivity index (χ2v) is 11.0. The SMILES string of the molecule is CC(C)N1CCC(Oc2cc3c(s2)CN(S(=O)(=O)c2cccc(F)c2)CC3)CC1. The van der Waals surface area contributed by atoms with Gasteiger partial charge in [0.2, 0.25) is 10.0 Å². The van der Waals surface area contributed by atoms with Crippen LogP contribution in [0.2, 0.25) is 0 Å². The van der Waals surface area contributed by atoms with Crippen molar-refractivity contribution in [2.24, 2.45) is 0 Å². The van der Waals surface area contributed by atoms with Gasteiger partial charge in [0.25, 0.3) is 0 Å². The number of hydrogen-bond donors (Lipinski definition) is 0. The molecule has 8 heteroatoms. The van der Waals surface area contributed by atoms with E-state index >= 15 is 0 Å². The van der Waals surface area contributed by atoms with Gasteiger partial charge in [-0.15, -0.1) is 11.3 Å². The molecule has 2 aliphatic heterocycles. The van der Waals surface area contributed by atoms with E-state index in [1.807, 2.05) is 0 Å². The van der Waals surface area contributed by atoms with Gasteiger partial charge in [-0.05, 0) is 62.9 Å². The van der Waals surface area contributed by atoms with E-state index in [0.29, 0.717) is 25.6 Å². The van der Waals surface area contributed by atoms with Gasteiger partial charge in [0.1, 0.15) is 11.9 Å². The Morgan fingerprint density at radius 3 is 2.62 bits per heavy atom. The predicted octanol–water partition coefficient (Wildman–Crippen LogP) is 3.89. The number of nitrogens with zero attached hydrogens (tertiary/aromatic N) is 2. The number of sulfonamides is 1. The molecule has 5 nitrogen and oxygen atoms in total. The van der Waals surface area contributed by atoms with Crippen LogP contribution in [0.1, 0.15) is 37.1 Å². The van der Waals surface area contributed by atoms with Gasteiger partial charge < -0.3 is 9.64 Å². The molecule has 1 aromatic heterocycles. The lowest BCUT2D eigenvalue weighted by Gasteiger charge is -2.34. The fourth-order valence-electron chi connectivity index (χ4n) is 3.98. The molecule has 0 atom stereocenters. The summed E-state index contributed by atoms with van der Waals surface area (Å²) in [4.78, 5) is 3.49. The molecular weight excluding hydrogens is 411 g/mol. The molecule has 0 saturated carbocycles. The molecule has 1 aromatic carbocycles. The van der Waals surface area contributed by atoms with Crippen molar-refractivity contribution in [3.63, 3.8) is 0 Å². The number of likely N-dealkylation sites (tertiary alicyclic amines) is 1. The van der Waals surface area contributed by atoms with Gasteiger partial charge in [0.15, 0.2) is 5.06 Å². The number of ether oxygens (including phenoxy) is 1. The maximum Gasteiger partial charge on any atom is 0.243 e. The second kappa shape index (κ2) is 8.34. The Balaban J connectivity index is 1.43. The Morgan fingerprint density at radius 2 is 1.93 bits per heavy atom. The van der Waals surface area contributed by atoms with Gasteiger partial charge in [0, 0.05) is 37.1 Å². The van der Waals surface area contributed by atoms with Gasteiger partial charge in [-0.25, -0.2) is 12.8 Å². The third kappa shape index (κ3) is 4.50. The highest BCUT2D eigenvalue weighted by Crippen LogP contribution is 2.36. The quantitative estimate of drug-likeness (QED) is 0.711. The molecule has 1 saturated heterocycles. The fraction of sp³-hybridized carbons (Fsp3) is 0.524. The van der Waals surface area contributed by atoms with Crippen LogP contribution in [-0.2, 0) is 23.0 Å². The minimum Gasteiger partial charge on any atom is -0.481 e. The number of fused-ring (bicyclic) bond motifs is 1. The van der Waals surface area contributed by atoms with Crippen LogP contribution in [-0.4, -0.2) is 49.4 Å². The zero-order chi connectivity index (χ0) is 20.6. The topological polar surface area (TPSA) is 49.9 Å². The van der Waals surface area contributed by atoms with E-state index in [0.717, 1.165) is 47.5 Å². The van der Waals surface area contributed by atoms with E-state index < -0.39 is 15.8 Å². The van der Waals surface area contributed by atoms with Crippen LogP contribution >= 0.6 is 11.3 Å². The first kappa shape index (κ1) is 20.8. The van der Waals surface area contributed by atoms with Crippen LogP contribution in [0.3, 0.4) is 0 Å². The predicted molar refractivity (Wildman–Crippen MR) is 112 cm³/mol. The van der Waals surface area contributed by atoms with E-state index in [2.05, 4.69) is 24.8 Å². The van der Waals surface area contributed by atoms with Crippen molar-refractivity contribution in [1.82, 2.24) is 9.21 Å². The summed E-state index contributed by atoms with van der Waals surface area (Å²) in [5.74, 6) is -0.543. The minimum absolute atomic E-state index is 0.00546. The molecule has 2 aromatic rings. The van der Waals surface area contributed by atoms with Crippen molar-refractivity contribution in [3.05, 3.63) is 46.6 Å². The summed E-state index contributed by atoms with van der Waals surface area (Å²) < 4.78 is 46.9. The average Bonchev–Trinajstić information content (AvgIpc) is 3.09. The number of thiophene rings is 1. The number of piperidine rings is 1. The third-order valence-electron chi connectivity index (χ3n) is 5.75. The minimum atomic E-state index is -3.71. The Labute approximate surface area is 176 Å². The van der Waals surface area contributed by atoms with Gasteiger partial charge >= 0.3 is 0 Å². The molecule has 158 valence electrons. The molecule has 0 unspecified atom stereocenters. The molecule has 2 aliphatic rings. The first-order valence-corrected chi connectivity index (χ1v) is 12.4. The molecule has 0 bridgehead atoms. The summed E-state index contributed by atoms with van der Waals surface area (Å²) in [5, 5.41) is 0.878. The fourth-order valence-corrected chi connectivity index (χ4v) is 6.65. The van der Waals surface area contributed by atoms with Crippen molar-refractivity contribution in [3.8, 4) is 5.06 Å². The molecule has 4 rings (SSSR count). The number of rotatable bonds is 5. The lowest BCUT2D eigenvalue weighted by Crippen LogP contribution is -2.41. The van der Waals surface area contributed by atoms with Gasteiger partial charge in [0.05, 0.1) is 4.90 Å². The molecule has 0 radical (unpaired) electrons. The number of halogens is 1. The van der Waals surface area contributed by atoms with E-state index in [9.17, 15) is 12.8 Å². The highest BCUT2D eigenvalue weighted by atomic mass is 32.2. The van der Waals surface area contributed by atoms with Gasteiger partial charge in [-0.1, -0.05) is 6.07 Å². The lowest BCUT2D eigenvalue weighted by molar-refractivity contribution is 0.0868. The summed E-state index contributed by atoms with van der Waals surface area (Å²) in [7, 11) is -3.71. The Hall–Kier alpha value is -1.48. The van der Waals surface area contributed by atoms with Crippen molar-refractivity contribution in [2.75, 3.05) is 19.6 Å². The molecular formula is C21H27FN2O3S2. The zero-order valence-electron chi connectivity index (χ0n) is 16.8. The standard InChI is InChI=1S/C21H27FN2O3S2/c1-15(2)23-9-7-18(8-10-23)27-21-12-16-6-11-24(14-20(16)28-21)29(25,26)19-5-3-4-17(22)13-19/h3-5,12-13,15,18H,6-11,14H2,1-2H3. The molecule has 3 heterocycles. The first-order chi connectivity index (χ1) is 13.8. The summed E-state index contributed by atoms with van der Waals surface area (Å²) in [6.07, 6.45) is 2.90. The molecule has 0 spiro atoms. The summed E-state index contributed by atoms with van der Waals surface area (Å²) in [6, 6.07) is 7.84. The van der Waals surface area contributed by atoms with Crippen molar-refractivity contribution < 1.29 is 17.5 Å². The van der Waals surface area contributed by atoms with Gasteiger partial charge in [-0.3, -0.25) is 0 Å². The molecule has 0 N–H and O–H groups in total. The maximum atomic E-state index is 13.5. The highest BCUT2D eigenvalue weighted by Gasteiger charge is 2.31. The zero-order valence-corrected chi connectivity index (χ0v) is 18.4. The third-order valence-corrected chi connectivity index (χ3v) is 8.64. The first-order valence-electron chi connectivity index (χ1n) is 10.1. The van der Waals surface area contributed by atoms with Crippen LogP contribution < -0.4 is 4.74 Å². The summed E-state index contributed by atoms with van der Waals surface area (Å²) >= 11 is 1.54. The summed E-state index contributed by atoms with van der Waals surface area (Å²) in [6.45, 7) is 7.25. The number of benzene rings is 1. The van der Waals surface area contributed by atoms with Crippen LogP contribution in [0.25, 0.3) is 0 Å². The van der Waals surface area contributed by atoms with Crippen LogP contribution in [0, 0.1) is 5.82 Å². The van der Waals surface area contributed by atoms with Crippen molar-refractivity contribution in [2.45, 2.75) is 56.7 Å². The van der Waals surface area contributed by atoms with E-state index in [-0.39, 0.29) is 11.0 Å². The smallest absolute Gasteiger partial charge is 0.243 e. The normalized spacial score (nSPS) is 19.4. The van der Waals surface area contributed by atoms with Gasteiger partial charge in [-0.2, -0.15) is 4.31 Å². The monoisotopic (exact) mass is 438 g/mol. The summed E-state index contributed by atoms with van der Waals surface area (Å²) in [5.41, 5.74) is 1.16. The Morgan fingerprint density at radius 1 is 1.17 bits per heavy atom. The highest BCUT2D eigenvalue weighted by molar-refractivity contribution is 7.89. The molecule has 0 aliphatic carbocycles. The largest absolute Gasteiger partial charge is 0.481 e. The number of hydrogen-bond acceptors (Lipinski definition) is 5. The van der Waals surface area contributed by atoms with Crippen molar-refractivity contribution >= 4 is 21.4 Å². The van der Waals surface area contributed by atoms with Crippen LogP contribution in [0.4, 0.5) is 4.39 Å². The van der Waals surface area contributed by atoms with Crippen LogP contribution in [0.15, 0.2) is 35.2 Å². The lowest BCUT2D eigenvalue weighted by atomic mass is 10.1. The average molecular weight is 439 g/mol. The van der Waals surface area contributed by atoms with E-state index in [4.69, 9.17) is 4.74 Å². The van der Waals surface area contributed by atoms with Crippen LogP contribution in [0.5, 0.6) is 5.06 Å².